The number of hydrogen-bond donors (Lipinski definition) is 1. The van der Waals surface area contributed by atoms with Gasteiger partial charge in [-0.2, -0.15) is 8.78 Å². The van der Waals surface area contributed by atoms with E-state index in [0.29, 0.717) is 18.6 Å². The molecular weight excluding hydrogens is 224 g/mol. The second kappa shape index (κ2) is 4.26. The van der Waals surface area contributed by atoms with Crippen LogP contribution in [-0.2, 0) is 5.92 Å². The highest BCUT2D eigenvalue weighted by Gasteiger charge is 2.53. The topological polar surface area (TPSA) is 35.2 Å². The lowest BCUT2D eigenvalue weighted by Gasteiger charge is -2.34. The van der Waals surface area contributed by atoms with Crippen LogP contribution < -0.4 is 10.5 Å². The highest BCUT2D eigenvalue weighted by Crippen LogP contribution is 2.46. The van der Waals surface area contributed by atoms with Crippen LogP contribution in [0.25, 0.3) is 0 Å². The summed E-state index contributed by atoms with van der Waals surface area (Å²) in [6.45, 7) is 0. The Hall–Kier alpha value is -1.16. The molecule has 0 aliphatic heterocycles. The average molecular weight is 241 g/mol. The number of hydrogen-bond acceptors (Lipinski definition) is 2. The standard InChI is InChI=1S/C13H17F2NO/c1-17-11-6-4-5-10(9-11)13(14,15)12(16)7-2-3-8-12/h4-6,9H,2-3,7-8,16H2,1H3. The van der Waals surface area contributed by atoms with Gasteiger partial charge in [0, 0.05) is 5.56 Å². The normalized spacial score (nSPS) is 19.3. The van der Waals surface area contributed by atoms with Gasteiger partial charge in [0.1, 0.15) is 5.75 Å². The van der Waals surface area contributed by atoms with E-state index in [1.165, 1.54) is 19.2 Å². The van der Waals surface area contributed by atoms with E-state index in [2.05, 4.69) is 0 Å². The molecule has 0 aromatic heterocycles. The predicted molar refractivity (Wildman–Crippen MR) is 62.3 cm³/mol. The zero-order valence-electron chi connectivity index (χ0n) is 9.88. The fourth-order valence-corrected chi connectivity index (χ4v) is 2.43. The molecule has 1 aliphatic carbocycles. The van der Waals surface area contributed by atoms with Crippen LogP contribution >= 0.6 is 0 Å². The maximum absolute atomic E-state index is 14.4. The van der Waals surface area contributed by atoms with Crippen LogP contribution in [0.15, 0.2) is 24.3 Å². The Labute approximate surface area is 99.8 Å². The molecule has 0 atom stereocenters. The second-order valence-corrected chi connectivity index (χ2v) is 4.67. The molecule has 0 saturated heterocycles. The summed E-state index contributed by atoms with van der Waals surface area (Å²) in [4.78, 5) is 0. The van der Waals surface area contributed by atoms with E-state index in [0.717, 1.165) is 12.8 Å². The summed E-state index contributed by atoms with van der Waals surface area (Å²) in [6, 6.07) is 6.00. The molecule has 0 bridgehead atoms. The van der Waals surface area contributed by atoms with E-state index in [-0.39, 0.29) is 5.56 Å². The molecule has 0 spiro atoms. The number of alkyl halides is 2. The first kappa shape index (κ1) is 12.3. The van der Waals surface area contributed by atoms with Gasteiger partial charge in [0.25, 0.3) is 5.92 Å². The molecule has 0 heterocycles. The van der Waals surface area contributed by atoms with Gasteiger partial charge in [-0.15, -0.1) is 0 Å². The summed E-state index contributed by atoms with van der Waals surface area (Å²) in [7, 11) is 1.46. The van der Waals surface area contributed by atoms with Crippen molar-refractivity contribution in [3.8, 4) is 5.75 Å². The van der Waals surface area contributed by atoms with Crippen molar-refractivity contribution in [3.63, 3.8) is 0 Å². The molecule has 1 saturated carbocycles. The Morgan fingerprint density at radius 3 is 2.53 bits per heavy atom. The van der Waals surface area contributed by atoms with Crippen molar-refractivity contribution in [2.24, 2.45) is 5.73 Å². The summed E-state index contributed by atoms with van der Waals surface area (Å²) >= 11 is 0. The molecule has 2 N–H and O–H groups in total. The molecule has 4 heteroatoms. The van der Waals surface area contributed by atoms with Gasteiger partial charge in [-0.05, 0) is 25.0 Å². The lowest BCUT2D eigenvalue weighted by atomic mass is 9.86. The zero-order valence-corrected chi connectivity index (χ0v) is 9.88. The Bertz CT molecular complexity index is 400. The van der Waals surface area contributed by atoms with E-state index in [1.807, 2.05) is 0 Å². The SMILES string of the molecule is COc1cccc(C(F)(F)C2(N)CCCC2)c1. The average Bonchev–Trinajstić information content (AvgIpc) is 2.78. The van der Waals surface area contributed by atoms with Gasteiger partial charge in [-0.3, -0.25) is 0 Å². The van der Waals surface area contributed by atoms with Gasteiger partial charge in [0.05, 0.1) is 12.6 Å². The largest absolute Gasteiger partial charge is 0.497 e. The Morgan fingerprint density at radius 2 is 1.94 bits per heavy atom. The molecule has 0 radical (unpaired) electrons. The van der Waals surface area contributed by atoms with Gasteiger partial charge in [-0.1, -0.05) is 25.0 Å². The molecule has 94 valence electrons. The predicted octanol–water partition coefficient (Wildman–Crippen LogP) is 3.06. The van der Waals surface area contributed by atoms with E-state index < -0.39 is 11.5 Å². The number of nitrogens with two attached hydrogens (primary N) is 1. The molecule has 2 nitrogen and oxygen atoms in total. The second-order valence-electron chi connectivity index (χ2n) is 4.67. The molecule has 1 aliphatic rings. The third-order valence-electron chi connectivity index (χ3n) is 3.55. The number of methoxy groups -OCH3 is 1. The quantitative estimate of drug-likeness (QED) is 0.882. The maximum Gasteiger partial charge on any atom is 0.290 e. The van der Waals surface area contributed by atoms with Crippen molar-refractivity contribution in [2.45, 2.75) is 37.1 Å². The van der Waals surface area contributed by atoms with Crippen molar-refractivity contribution in [1.82, 2.24) is 0 Å². The monoisotopic (exact) mass is 241 g/mol. The van der Waals surface area contributed by atoms with E-state index in [9.17, 15) is 8.78 Å². The van der Waals surface area contributed by atoms with Crippen molar-refractivity contribution in [3.05, 3.63) is 29.8 Å². The molecule has 17 heavy (non-hydrogen) atoms. The first-order valence-electron chi connectivity index (χ1n) is 5.81. The summed E-state index contributed by atoms with van der Waals surface area (Å²) in [5.74, 6) is -2.57. The maximum atomic E-state index is 14.4. The van der Waals surface area contributed by atoms with Gasteiger partial charge in [0.2, 0.25) is 0 Å². The molecular formula is C13H17F2NO. The highest BCUT2D eigenvalue weighted by molar-refractivity contribution is 5.33. The first-order valence-corrected chi connectivity index (χ1v) is 5.81. The fraction of sp³-hybridized carbons (Fsp3) is 0.538. The molecule has 0 unspecified atom stereocenters. The molecule has 1 aromatic carbocycles. The van der Waals surface area contributed by atoms with Crippen molar-refractivity contribution in [2.75, 3.05) is 7.11 Å². The first-order chi connectivity index (χ1) is 7.99. The van der Waals surface area contributed by atoms with E-state index >= 15 is 0 Å². The van der Waals surface area contributed by atoms with Gasteiger partial charge in [0.15, 0.2) is 0 Å². The molecule has 2 rings (SSSR count). The van der Waals surface area contributed by atoms with Crippen LogP contribution in [0.5, 0.6) is 5.75 Å². The van der Waals surface area contributed by atoms with E-state index in [1.54, 1.807) is 12.1 Å². The van der Waals surface area contributed by atoms with Crippen LogP contribution in [0.1, 0.15) is 31.2 Å². The summed E-state index contributed by atoms with van der Waals surface area (Å²) in [6.07, 6.45) is 2.29. The van der Waals surface area contributed by atoms with Crippen molar-refractivity contribution >= 4 is 0 Å². The summed E-state index contributed by atoms with van der Waals surface area (Å²) in [5, 5.41) is 0. The smallest absolute Gasteiger partial charge is 0.290 e. The molecule has 0 amide bonds. The fourth-order valence-electron chi connectivity index (χ4n) is 2.43. The third kappa shape index (κ3) is 2.02. The lowest BCUT2D eigenvalue weighted by molar-refractivity contribution is -0.0795. The minimum Gasteiger partial charge on any atom is -0.497 e. The van der Waals surface area contributed by atoms with Crippen molar-refractivity contribution in [1.29, 1.82) is 0 Å². The van der Waals surface area contributed by atoms with Gasteiger partial charge in [-0.25, -0.2) is 0 Å². The van der Waals surface area contributed by atoms with Crippen LogP contribution in [0, 0.1) is 0 Å². The lowest BCUT2D eigenvalue weighted by Crippen LogP contribution is -2.51. The third-order valence-corrected chi connectivity index (χ3v) is 3.55. The molecule has 1 fully saturated rings. The van der Waals surface area contributed by atoms with E-state index in [4.69, 9.17) is 10.5 Å². The van der Waals surface area contributed by atoms with Crippen LogP contribution in [-0.4, -0.2) is 12.6 Å². The Morgan fingerprint density at radius 1 is 1.29 bits per heavy atom. The number of ether oxygens (including phenoxy) is 1. The summed E-state index contributed by atoms with van der Waals surface area (Å²) in [5.41, 5.74) is 4.41. The molecule has 1 aromatic rings. The summed E-state index contributed by atoms with van der Waals surface area (Å²) < 4.78 is 33.7. The van der Waals surface area contributed by atoms with Gasteiger partial charge >= 0.3 is 0 Å². The number of benzene rings is 1. The highest BCUT2D eigenvalue weighted by atomic mass is 19.3. The minimum atomic E-state index is -3.00. The van der Waals surface area contributed by atoms with Crippen LogP contribution in [0.2, 0.25) is 0 Å². The number of rotatable bonds is 3. The van der Waals surface area contributed by atoms with Gasteiger partial charge < -0.3 is 10.5 Å². The number of halogens is 2. The zero-order chi connectivity index (χ0) is 12.5. The Kier molecular flexibility index (Phi) is 3.08. The van der Waals surface area contributed by atoms with Crippen LogP contribution in [0.4, 0.5) is 8.78 Å². The van der Waals surface area contributed by atoms with Crippen LogP contribution in [0.3, 0.4) is 0 Å². The van der Waals surface area contributed by atoms with Crippen molar-refractivity contribution < 1.29 is 13.5 Å². The Balaban J connectivity index is 2.36. The minimum absolute atomic E-state index is 0.0544.